The van der Waals surface area contributed by atoms with Crippen LogP contribution in [0.1, 0.15) is 28.5 Å². The first-order chi connectivity index (χ1) is 14.5. The Morgan fingerprint density at radius 3 is 2.83 bits per heavy atom. The normalized spacial score (nSPS) is 13.3. The monoisotopic (exact) mass is 407 g/mol. The van der Waals surface area contributed by atoms with Crippen molar-refractivity contribution < 1.29 is 19.0 Å². The number of amides is 1. The molecule has 1 atom stereocenters. The largest absolute Gasteiger partial charge is 0.454 e. The second kappa shape index (κ2) is 8.59. The van der Waals surface area contributed by atoms with Gasteiger partial charge >= 0.3 is 0 Å². The van der Waals surface area contributed by atoms with Crippen molar-refractivity contribution >= 4 is 5.91 Å². The van der Waals surface area contributed by atoms with Gasteiger partial charge in [-0.1, -0.05) is 29.8 Å². The summed E-state index contributed by atoms with van der Waals surface area (Å²) in [4.78, 5) is 15.1. The van der Waals surface area contributed by atoms with Gasteiger partial charge in [0, 0.05) is 19.2 Å². The molecule has 1 aromatic heterocycles. The second-order valence-corrected chi connectivity index (χ2v) is 7.46. The van der Waals surface area contributed by atoms with Gasteiger partial charge in [0.25, 0.3) is 5.91 Å². The lowest BCUT2D eigenvalue weighted by Gasteiger charge is -2.28. The van der Waals surface area contributed by atoms with Gasteiger partial charge in [0.05, 0.1) is 18.3 Å². The molecule has 7 nitrogen and oxygen atoms in total. The maximum Gasteiger partial charge on any atom is 0.272 e. The van der Waals surface area contributed by atoms with Gasteiger partial charge < -0.3 is 19.1 Å². The van der Waals surface area contributed by atoms with Crippen LogP contribution in [-0.2, 0) is 11.3 Å². The lowest BCUT2D eigenvalue weighted by molar-refractivity contribution is 0.0536. The zero-order valence-electron chi connectivity index (χ0n) is 17.3. The molecule has 1 aliphatic heterocycles. The van der Waals surface area contributed by atoms with Crippen molar-refractivity contribution in [2.45, 2.75) is 26.4 Å². The number of H-pyrrole nitrogens is 1. The molecule has 2 aromatic carbocycles. The van der Waals surface area contributed by atoms with Gasteiger partial charge in [-0.05, 0) is 43.7 Å². The molecule has 4 rings (SSSR count). The van der Waals surface area contributed by atoms with Crippen molar-refractivity contribution in [2.24, 2.45) is 0 Å². The average Bonchev–Trinajstić information content (AvgIpc) is 3.40. The molecule has 3 aromatic rings. The third kappa shape index (κ3) is 4.16. The molecule has 1 amide bonds. The highest BCUT2D eigenvalue weighted by atomic mass is 16.7. The number of carbonyl (C=O) groups excluding carboxylic acids is 1. The molecule has 2 heterocycles. The number of rotatable bonds is 7. The van der Waals surface area contributed by atoms with Gasteiger partial charge in [0.15, 0.2) is 11.5 Å². The number of methoxy groups -OCH3 is 1. The number of hydrogen-bond acceptors (Lipinski definition) is 5. The van der Waals surface area contributed by atoms with Crippen molar-refractivity contribution in [1.29, 1.82) is 0 Å². The molecular weight excluding hydrogens is 382 g/mol. The quantitative estimate of drug-likeness (QED) is 0.645. The molecular formula is C23H25N3O4. The van der Waals surface area contributed by atoms with E-state index in [0.29, 0.717) is 36.0 Å². The summed E-state index contributed by atoms with van der Waals surface area (Å²) >= 11 is 0. The third-order valence-corrected chi connectivity index (χ3v) is 5.11. The Kier molecular flexibility index (Phi) is 5.72. The van der Waals surface area contributed by atoms with Crippen molar-refractivity contribution in [1.82, 2.24) is 15.1 Å². The van der Waals surface area contributed by atoms with E-state index in [1.165, 1.54) is 0 Å². The number of nitrogens with one attached hydrogen (secondary N) is 1. The Hall–Kier alpha value is -3.32. The number of aryl methyl sites for hydroxylation is 1. The van der Waals surface area contributed by atoms with E-state index in [0.717, 1.165) is 16.7 Å². The predicted octanol–water partition coefficient (Wildman–Crippen LogP) is 3.79. The molecule has 0 spiro atoms. The fourth-order valence-corrected chi connectivity index (χ4v) is 3.56. The first kappa shape index (κ1) is 20.0. The molecule has 0 bridgehead atoms. The summed E-state index contributed by atoms with van der Waals surface area (Å²) in [5.41, 5.74) is 4.18. The summed E-state index contributed by atoms with van der Waals surface area (Å²) in [6.07, 6.45) is 0. The van der Waals surface area contributed by atoms with Crippen LogP contribution in [0.15, 0.2) is 48.5 Å². The average molecular weight is 407 g/mol. The number of carbonyl (C=O) groups is 1. The van der Waals surface area contributed by atoms with Gasteiger partial charge in [-0.3, -0.25) is 9.89 Å². The number of ether oxygens (including phenoxy) is 3. The SMILES string of the molecule is COC[C@@H](C)N(Cc1cccc(C)c1)C(=O)c1cc(-c2ccc3c(c2)OCO3)n[nH]1. The van der Waals surface area contributed by atoms with Crippen LogP contribution in [0.4, 0.5) is 0 Å². The minimum Gasteiger partial charge on any atom is -0.454 e. The van der Waals surface area contributed by atoms with E-state index in [9.17, 15) is 4.79 Å². The van der Waals surface area contributed by atoms with Crippen molar-refractivity contribution in [2.75, 3.05) is 20.5 Å². The van der Waals surface area contributed by atoms with Crippen LogP contribution >= 0.6 is 0 Å². The van der Waals surface area contributed by atoms with Gasteiger partial charge in [-0.15, -0.1) is 0 Å². The van der Waals surface area contributed by atoms with Crippen molar-refractivity contribution in [3.63, 3.8) is 0 Å². The molecule has 7 heteroatoms. The smallest absolute Gasteiger partial charge is 0.272 e. The number of benzene rings is 2. The molecule has 30 heavy (non-hydrogen) atoms. The van der Waals surface area contributed by atoms with Crippen LogP contribution in [0.3, 0.4) is 0 Å². The first-order valence-electron chi connectivity index (χ1n) is 9.86. The molecule has 0 aliphatic carbocycles. The molecule has 0 saturated heterocycles. The summed E-state index contributed by atoms with van der Waals surface area (Å²) in [6.45, 7) is 5.17. The van der Waals surface area contributed by atoms with E-state index in [-0.39, 0.29) is 18.7 Å². The fourth-order valence-electron chi connectivity index (χ4n) is 3.56. The highest BCUT2D eigenvalue weighted by Gasteiger charge is 2.24. The zero-order valence-corrected chi connectivity index (χ0v) is 17.3. The van der Waals surface area contributed by atoms with E-state index in [1.54, 1.807) is 18.1 Å². The lowest BCUT2D eigenvalue weighted by Crippen LogP contribution is -2.40. The number of aromatic amines is 1. The van der Waals surface area contributed by atoms with Crippen LogP contribution < -0.4 is 9.47 Å². The molecule has 1 aliphatic rings. The number of hydrogen-bond donors (Lipinski definition) is 1. The topological polar surface area (TPSA) is 76.7 Å². The second-order valence-electron chi connectivity index (χ2n) is 7.46. The molecule has 156 valence electrons. The molecule has 0 saturated carbocycles. The standard InChI is InChI=1S/C23H25N3O4/c1-15-5-4-6-17(9-15)12-26(16(2)13-28-3)23(27)20-11-19(24-25-20)18-7-8-21-22(10-18)30-14-29-21/h4-11,16H,12-14H2,1-3H3,(H,24,25)/t16-/m1/s1. The van der Waals surface area contributed by atoms with Crippen molar-refractivity contribution in [3.8, 4) is 22.8 Å². The Labute approximate surface area is 175 Å². The Morgan fingerprint density at radius 1 is 1.20 bits per heavy atom. The Balaban J connectivity index is 1.58. The van der Waals surface area contributed by atoms with Crippen molar-refractivity contribution in [3.05, 3.63) is 65.4 Å². The summed E-state index contributed by atoms with van der Waals surface area (Å²) in [5.74, 6) is 1.27. The molecule has 0 unspecified atom stereocenters. The summed E-state index contributed by atoms with van der Waals surface area (Å²) < 4.78 is 16.1. The van der Waals surface area contributed by atoms with E-state index in [1.807, 2.05) is 50.2 Å². The Morgan fingerprint density at radius 2 is 2.03 bits per heavy atom. The first-order valence-corrected chi connectivity index (χ1v) is 9.86. The highest BCUT2D eigenvalue weighted by molar-refractivity contribution is 5.93. The summed E-state index contributed by atoms with van der Waals surface area (Å²) in [5, 5.41) is 7.23. The fraction of sp³-hybridized carbons (Fsp3) is 0.304. The van der Waals surface area contributed by atoms with Gasteiger partial charge in [-0.25, -0.2) is 0 Å². The Bertz CT molecular complexity index is 1050. The van der Waals surface area contributed by atoms with Crippen LogP contribution in [0.25, 0.3) is 11.3 Å². The maximum atomic E-state index is 13.3. The van der Waals surface area contributed by atoms with Gasteiger partial charge in [0.1, 0.15) is 5.69 Å². The van der Waals surface area contributed by atoms with Gasteiger partial charge in [-0.2, -0.15) is 5.10 Å². The summed E-state index contributed by atoms with van der Waals surface area (Å²) in [7, 11) is 1.64. The van der Waals surface area contributed by atoms with E-state index >= 15 is 0 Å². The maximum absolute atomic E-state index is 13.3. The minimum absolute atomic E-state index is 0.0969. The van der Waals surface area contributed by atoms with Gasteiger partial charge in [0.2, 0.25) is 6.79 Å². The van der Waals surface area contributed by atoms with E-state index < -0.39 is 0 Å². The predicted molar refractivity (Wildman–Crippen MR) is 113 cm³/mol. The molecule has 0 radical (unpaired) electrons. The van der Waals surface area contributed by atoms with E-state index in [2.05, 4.69) is 16.3 Å². The van der Waals surface area contributed by atoms with Crippen LogP contribution in [-0.4, -0.2) is 47.6 Å². The number of nitrogens with zero attached hydrogens (tertiary/aromatic N) is 2. The number of aromatic nitrogens is 2. The lowest BCUT2D eigenvalue weighted by atomic mass is 10.1. The minimum atomic E-state index is -0.124. The third-order valence-electron chi connectivity index (χ3n) is 5.11. The van der Waals surface area contributed by atoms with Crippen LogP contribution in [0, 0.1) is 6.92 Å². The van der Waals surface area contributed by atoms with Crippen LogP contribution in [0.5, 0.6) is 11.5 Å². The number of fused-ring (bicyclic) bond motifs is 1. The zero-order chi connectivity index (χ0) is 21.1. The molecule has 1 N–H and O–H groups in total. The van der Waals surface area contributed by atoms with E-state index in [4.69, 9.17) is 14.2 Å². The molecule has 0 fully saturated rings. The highest BCUT2D eigenvalue weighted by Crippen LogP contribution is 2.35. The van der Waals surface area contributed by atoms with Crippen LogP contribution in [0.2, 0.25) is 0 Å². The summed E-state index contributed by atoms with van der Waals surface area (Å²) in [6, 6.07) is 15.4.